The Morgan fingerprint density at radius 1 is 1.00 bits per heavy atom. The largest absolute Gasteiger partial charge is 0.274 e. The standard InChI is InChI=1S/C16H15ClN2O2S/c1-11(20)18-19-16(21)13-4-2-12(3-5-13)10-22-15-8-6-14(17)7-9-15/h2-9H,10H2,1H3,(H,18,20)(H,19,21). The van der Waals surface area contributed by atoms with E-state index in [0.29, 0.717) is 5.56 Å². The Kier molecular flexibility index (Phi) is 5.86. The molecule has 2 rings (SSSR count). The summed E-state index contributed by atoms with van der Waals surface area (Å²) in [5.41, 5.74) is 6.18. The second-order valence-corrected chi connectivity index (χ2v) is 6.06. The zero-order valence-corrected chi connectivity index (χ0v) is 13.5. The third kappa shape index (κ3) is 5.09. The summed E-state index contributed by atoms with van der Waals surface area (Å²) in [7, 11) is 0. The minimum atomic E-state index is -0.341. The predicted octanol–water partition coefficient (Wildman–Crippen LogP) is 3.41. The van der Waals surface area contributed by atoms with Gasteiger partial charge in [-0.15, -0.1) is 11.8 Å². The molecule has 4 nitrogen and oxygen atoms in total. The van der Waals surface area contributed by atoms with Crippen molar-refractivity contribution in [2.24, 2.45) is 0 Å². The minimum absolute atomic E-state index is 0.315. The van der Waals surface area contributed by atoms with Crippen molar-refractivity contribution in [2.75, 3.05) is 0 Å². The quantitative estimate of drug-likeness (QED) is 0.665. The van der Waals surface area contributed by atoms with Crippen molar-refractivity contribution in [3.05, 3.63) is 64.7 Å². The third-order valence-electron chi connectivity index (χ3n) is 2.79. The van der Waals surface area contributed by atoms with Gasteiger partial charge in [-0.3, -0.25) is 20.4 Å². The summed E-state index contributed by atoms with van der Waals surface area (Å²) in [5.74, 6) is 0.145. The number of hydrazine groups is 1. The highest BCUT2D eigenvalue weighted by molar-refractivity contribution is 7.98. The maximum absolute atomic E-state index is 11.7. The topological polar surface area (TPSA) is 58.2 Å². The molecule has 0 atom stereocenters. The van der Waals surface area contributed by atoms with Gasteiger partial charge in [0.25, 0.3) is 5.91 Å². The van der Waals surface area contributed by atoms with Gasteiger partial charge in [0.15, 0.2) is 0 Å². The van der Waals surface area contributed by atoms with E-state index in [1.165, 1.54) is 6.92 Å². The molecule has 2 aromatic rings. The number of halogens is 1. The van der Waals surface area contributed by atoms with Crippen molar-refractivity contribution in [3.63, 3.8) is 0 Å². The molecular formula is C16H15ClN2O2S. The maximum atomic E-state index is 11.7. The molecule has 2 N–H and O–H groups in total. The Morgan fingerprint density at radius 2 is 1.64 bits per heavy atom. The number of carbonyl (C=O) groups is 2. The molecule has 0 radical (unpaired) electrons. The summed E-state index contributed by atoms with van der Waals surface area (Å²) in [5, 5.41) is 0.721. The number of rotatable bonds is 4. The summed E-state index contributed by atoms with van der Waals surface area (Å²) in [6, 6.07) is 14.9. The fourth-order valence-corrected chi connectivity index (χ4v) is 2.65. The van der Waals surface area contributed by atoms with E-state index < -0.39 is 0 Å². The molecule has 114 valence electrons. The lowest BCUT2D eigenvalue weighted by atomic mass is 10.1. The van der Waals surface area contributed by atoms with Crippen molar-refractivity contribution < 1.29 is 9.59 Å². The van der Waals surface area contributed by atoms with Gasteiger partial charge in [0.1, 0.15) is 0 Å². The molecule has 22 heavy (non-hydrogen) atoms. The van der Waals surface area contributed by atoms with Crippen LogP contribution in [0.1, 0.15) is 22.8 Å². The fraction of sp³-hybridized carbons (Fsp3) is 0.125. The Bertz CT molecular complexity index is 657. The van der Waals surface area contributed by atoms with Crippen LogP contribution >= 0.6 is 23.4 Å². The first-order chi connectivity index (χ1) is 10.5. The molecule has 6 heteroatoms. The number of amides is 2. The molecule has 0 aromatic heterocycles. The van der Waals surface area contributed by atoms with Gasteiger partial charge in [-0.05, 0) is 42.0 Å². The van der Waals surface area contributed by atoms with Crippen LogP contribution in [0.25, 0.3) is 0 Å². The molecule has 0 bridgehead atoms. The lowest BCUT2D eigenvalue weighted by Gasteiger charge is -2.06. The molecule has 0 aliphatic rings. The number of carbonyl (C=O) groups excluding carboxylic acids is 2. The molecular weight excluding hydrogens is 320 g/mol. The summed E-state index contributed by atoms with van der Waals surface area (Å²) in [4.78, 5) is 23.6. The molecule has 0 spiro atoms. The lowest BCUT2D eigenvalue weighted by molar-refractivity contribution is -0.119. The summed E-state index contributed by atoms with van der Waals surface area (Å²) in [6.45, 7) is 1.33. The molecule has 0 aliphatic carbocycles. The van der Waals surface area contributed by atoms with Crippen LogP contribution in [-0.2, 0) is 10.5 Å². The van der Waals surface area contributed by atoms with Gasteiger partial charge in [-0.25, -0.2) is 0 Å². The second kappa shape index (κ2) is 7.87. The van der Waals surface area contributed by atoms with Gasteiger partial charge >= 0.3 is 0 Å². The molecule has 0 fully saturated rings. The Labute approximate surface area is 138 Å². The summed E-state index contributed by atoms with van der Waals surface area (Å²) < 4.78 is 0. The highest BCUT2D eigenvalue weighted by Crippen LogP contribution is 2.24. The van der Waals surface area contributed by atoms with Crippen LogP contribution in [0.4, 0.5) is 0 Å². The average molecular weight is 335 g/mol. The van der Waals surface area contributed by atoms with Gasteiger partial charge in [0.2, 0.25) is 5.91 Å². The van der Waals surface area contributed by atoms with Crippen molar-refractivity contribution in [3.8, 4) is 0 Å². The fourth-order valence-electron chi connectivity index (χ4n) is 1.67. The van der Waals surface area contributed by atoms with E-state index in [1.807, 2.05) is 36.4 Å². The number of benzene rings is 2. The van der Waals surface area contributed by atoms with Crippen molar-refractivity contribution in [2.45, 2.75) is 17.6 Å². The highest BCUT2D eigenvalue weighted by atomic mass is 35.5. The Hall–Kier alpha value is -1.98. The zero-order chi connectivity index (χ0) is 15.9. The van der Waals surface area contributed by atoms with Crippen LogP contribution in [-0.4, -0.2) is 11.8 Å². The van der Waals surface area contributed by atoms with Gasteiger partial charge in [-0.2, -0.15) is 0 Å². The molecule has 0 unspecified atom stereocenters. The van der Waals surface area contributed by atoms with Gasteiger partial charge in [0.05, 0.1) is 0 Å². The van der Waals surface area contributed by atoms with Gasteiger partial charge in [-0.1, -0.05) is 23.7 Å². The van der Waals surface area contributed by atoms with E-state index in [2.05, 4.69) is 10.9 Å². The monoisotopic (exact) mass is 334 g/mol. The van der Waals surface area contributed by atoms with Crippen LogP contribution in [0.2, 0.25) is 5.02 Å². The average Bonchev–Trinajstić information content (AvgIpc) is 2.52. The zero-order valence-electron chi connectivity index (χ0n) is 11.9. The van der Waals surface area contributed by atoms with Crippen LogP contribution in [0.3, 0.4) is 0 Å². The van der Waals surface area contributed by atoms with E-state index in [1.54, 1.807) is 23.9 Å². The summed E-state index contributed by atoms with van der Waals surface area (Å²) >= 11 is 7.54. The van der Waals surface area contributed by atoms with Gasteiger partial charge in [0, 0.05) is 28.2 Å². The molecule has 0 aliphatic heterocycles. The van der Waals surface area contributed by atoms with Crippen molar-refractivity contribution in [1.82, 2.24) is 10.9 Å². The minimum Gasteiger partial charge on any atom is -0.274 e. The number of nitrogens with one attached hydrogen (secondary N) is 2. The predicted molar refractivity (Wildman–Crippen MR) is 88.7 cm³/mol. The highest BCUT2D eigenvalue weighted by Gasteiger charge is 2.05. The first kappa shape index (κ1) is 16.4. The van der Waals surface area contributed by atoms with Crippen LogP contribution in [0, 0.1) is 0 Å². The summed E-state index contributed by atoms with van der Waals surface area (Å²) in [6.07, 6.45) is 0. The van der Waals surface area contributed by atoms with Crippen molar-refractivity contribution in [1.29, 1.82) is 0 Å². The van der Waals surface area contributed by atoms with Crippen LogP contribution in [0.5, 0.6) is 0 Å². The first-order valence-corrected chi connectivity index (χ1v) is 7.95. The van der Waals surface area contributed by atoms with E-state index in [9.17, 15) is 9.59 Å². The van der Waals surface area contributed by atoms with E-state index in [0.717, 1.165) is 21.2 Å². The third-order valence-corrected chi connectivity index (χ3v) is 4.12. The molecule has 0 saturated carbocycles. The van der Waals surface area contributed by atoms with E-state index >= 15 is 0 Å². The van der Waals surface area contributed by atoms with Gasteiger partial charge < -0.3 is 0 Å². The van der Waals surface area contributed by atoms with E-state index in [-0.39, 0.29) is 11.8 Å². The number of hydrogen-bond acceptors (Lipinski definition) is 3. The SMILES string of the molecule is CC(=O)NNC(=O)c1ccc(CSc2ccc(Cl)cc2)cc1. The number of hydrogen-bond donors (Lipinski definition) is 2. The van der Waals surface area contributed by atoms with E-state index in [4.69, 9.17) is 11.6 Å². The molecule has 0 saturated heterocycles. The lowest BCUT2D eigenvalue weighted by Crippen LogP contribution is -2.40. The van der Waals surface area contributed by atoms with Crippen LogP contribution in [0.15, 0.2) is 53.4 Å². The smallest absolute Gasteiger partial charge is 0.269 e. The molecule has 0 heterocycles. The molecule has 2 amide bonds. The second-order valence-electron chi connectivity index (χ2n) is 4.57. The first-order valence-electron chi connectivity index (χ1n) is 6.59. The number of thioether (sulfide) groups is 1. The normalized spacial score (nSPS) is 10.1. The van der Waals surface area contributed by atoms with Crippen LogP contribution < -0.4 is 10.9 Å². The Morgan fingerprint density at radius 3 is 2.23 bits per heavy atom. The molecule has 2 aromatic carbocycles. The maximum Gasteiger partial charge on any atom is 0.269 e. The Balaban J connectivity index is 1.90. The van der Waals surface area contributed by atoms with Crippen molar-refractivity contribution >= 4 is 35.2 Å².